The number of nitrogens with one attached hydrogen (secondary N) is 2. The molecule has 1 aliphatic carbocycles. The molecule has 0 fully saturated rings. The van der Waals surface area contributed by atoms with Crippen LogP contribution in [0.2, 0.25) is 0 Å². The quantitative estimate of drug-likeness (QED) is 0.489. The van der Waals surface area contributed by atoms with E-state index in [9.17, 15) is 27.6 Å². The maximum Gasteiger partial charge on any atom is 0.416 e. The van der Waals surface area contributed by atoms with E-state index in [1.165, 1.54) is 43.6 Å². The molecule has 4 rings (SSSR count). The average molecular weight is 522 g/mol. The number of hydrogen-bond acceptors (Lipinski definition) is 6. The Balaban J connectivity index is 1.97. The minimum atomic E-state index is -4.65. The summed E-state index contributed by atoms with van der Waals surface area (Å²) in [5.41, 5.74) is -1.10. The molecule has 2 heterocycles. The Morgan fingerprint density at radius 3 is 2.58 bits per heavy atom. The number of benzene rings is 1. The second-order valence-electron chi connectivity index (χ2n) is 8.32. The highest BCUT2D eigenvalue weighted by molar-refractivity contribution is 6.10. The summed E-state index contributed by atoms with van der Waals surface area (Å²) in [6.45, 7) is 6.82. The number of rotatable bonds is 5. The molecule has 194 valence electrons. The lowest BCUT2D eigenvalue weighted by Gasteiger charge is -2.18. The van der Waals surface area contributed by atoms with Crippen molar-refractivity contribution >= 4 is 29.3 Å². The lowest BCUT2D eigenvalue weighted by molar-refractivity contribution is -0.137. The van der Waals surface area contributed by atoms with Crippen LogP contribution in [0.3, 0.4) is 0 Å². The van der Waals surface area contributed by atoms with Gasteiger partial charge in [-0.05, 0) is 43.2 Å². The fourth-order valence-corrected chi connectivity index (χ4v) is 3.84. The SMILES string of the molecule is C=C/C(=N\C1=C(C)CC=Cc2c1n(-c1cccc(C(F)(F)F)c1)c(=O)[nH]c2=O)c1cnc(NC(C)=O)nc1. The summed E-state index contributed by atoms with van der Waals surface area (Å²) in [6, 6.07) is 4.23. The summed E-state index contributed by atoms with van der Waals surface area (Å²) >= 11 is 0. The van der Waals surface area contributed by atoms with Crippen molar-refractivity contribution in [2.24, 2.45) is 4.99 Å². The van der Waals surface area contributed by atoms with E-state index in [4.69, 9.17) is 0 Å². The summed E-state index contributed by atoms with van der Waals surface area (Å²) < 4.78 is 41.4. The predicted molar refractivity (Wildman–Crippen MR) is 137 cm³/mol. The highest BCUT2D eigenvalue weighted by Crippen LogP contribution is 2.33. The molecule has 12 heteroatoms. The summed E-state index contributed by atoms with van der Waals surface area (Å²) in [5.74, 6) is -0.273. The van der Waals surface area contributed by atoms with Gasteiger partial charge in [-0.2, -0.15) is 13.2 Å². The van der Waals surface area contributed by atoms with Gasteiger partial charge in [0.1, 0.15) is 0 Å². The van der Waals surface area contributed by atoms with Crippen molar-refractivity contribution in [2.45, 2.75) is 26.4 Å². The van der Waals surface area contributed by atoms with Crippen LogP contribution in [0.15, 0.2) is 75.5 Å². The van der Waals surface area contributed by atoms with Gasteiger partial charge in [-0.15, -0.1) is 0 Å². The Morgan fingerprint density at radius 1 is 1.24 bits per heavy atom. The van der Waals surface area contributed by atoms with E-state index in [0.717, 1.165) is 16.7 Å². The third-order valence-corrected chi connectivity index (χ3v) is 5.58. The molecule has 0 atom stereocenters. The van der Waals surface area contributed by atoms with E-state index in [2.05, 4.69) is 31.8 Å². The van der Waals surface area contributed by atoms with Gasteiger partial charge in [0.05, 0.1) is 33.9 Å². The van der Waals surface area contributed by atoms with Gasteiger partial charge in [0.25, 0.3) is 5.56 Å². The summed E-state index contributed by atoms with van der Waals surface area (Å²) in [6.07, 6.45) is 3.13. The van der Waals surface area contributed by atoms with Crippen LogP contribution in [0, 0.1) is 0 Å². The first-order valence-electron chi connectivity index (χ1n) is 11.2. The third kappa shape index (κ3) is 5.28. The van der Waals surface area contributed by atoms with E-state index >= 15 is 0 Å². The number of aliphatic imine (C=N–C) groups is 1. The second-order valence-corrected chi connectivity index (χ2v) is 8.32. The first-order chi connectivity index (χ1) is 18.0. The lowest BCUT2D eigenvalue weighted by atomic mass is 10.1. The van der Waals surface area contributed by atoms with Crippen LogP contribution in [0.25, 0.3) is 17.5 Å². The molecular weight excluding hydrogens is 501 g/mol. The molecule has 0 unspecified atom stereocenters. The topological polar surface area (TPSA) is 122 Å². The fourth-order valence-electron chi connectivity index (χ4n) is 3.84. The van der Waals surface area contributed by atoms with Crippen LogP contribution in [0.1, 0.15) is 42.7 Å². The van der Waals surface area contributed by atoms with E-state index in [1.807, 2.05) is 0 Å². The maximum absolute atomic E-state index is 13.5. The number of H-pyrrole nitrogens is 1. The zero-order valence-electron chi connectivity index (χ0n) is 20.3. The van der Waals surface area contributed by atoms with Crippen LogP contribution >= 0.6 is 0 Å². The van der Waals surface area contributed by atoms with E-state index in [-0.39, 0.29) is 40.2 Å². The number of fused-ring (bicyclic) bond motifs is 1. The number of amides is 1. The van der Waals surface area contributed by atoms with Crippen molar-refractivity contribution in [3.63, 3.8) is 0 Å². The second kappa shape index (κ2) is 10.2. The minimum absolute atomic E-state index is 0.0273. The number of allylic oxidation sites excluding steroid dienone is 3. The smallest absolute Gasteiger partial charge is 0.295 e. The predicted octanol–water partition coefficient (Wildman–Crippen LogP) is 4.12. The van der Waals surface area contributed by atoms with Crippen LogP contribution < -0.4 is 16.6 Å². The zero-order chi connectivity index (χ0) is 27.6. The van der Waals surface area contributed by atoms with Crippen LogP contribution in [-0.2, 0) is 11.0 Å². The standard InChI is InChI=1S/C26H21F3N6O3/c1-4-20(16-12-30-24(31-13-16)32-15(3)36)33-21-14(2)7-5-10-19-22(21)35(25(38)34-23(19)37)18-9-6-8-17(11-18)26(27,28)29/h4-6,8-13H,1,7H2,2-3H3,(H,34,37,38)(H,30,31,32,36)/b33-20+. The van der Waals surface area contributed by atoms with E-state index in [1.54, 1.807) is 13.0 Å². The number of carbonyl (C=O) groups excluding carboxylic acids is 1. The Morgan fingerprint density at radius 2 is 1.95 bits per heavy atom. The normalized spacial score (nSPS) is 13.7. The largest absolute Gasteiger partial charge is 0.416 e. The van der Waals surface area contributed by atoms with E-state index in [0.29, 0.717) is 17.6 Å². The molecule has 0 saturated carbocycles. The van der Waals surface area contributed by atoms with Gasteiger partial charge in [-0.3, -0.25) is 24.5 Å². The molecule has 38 heavy (non-hydrogen) atoms. The molecule has 1 aromatic carbocycles. The monoisotopic (exact) mass is 522 g/mol. The molecule has 2 aromatic heterocycles. The van der Waals surface area contributed by atoms with Crippen molar-refractivity contribution in [3.8, 4) is 5.69 Å². The Hall–Kier alpha value is -4.87. The molecule has 1 aliphatic rings. The van der Waals surface area contributed by atoms with Gasteiger partial charge in [-0.25, -0.2) is 19.8 Å². The molecule has 0 bridgehead atoms. The molecule has 0 aliphatic heterocycles. The molecule has 9 nitrogen and oxygen atoms in total. The van der Waals surface area contributed by atoms with Gasteiger partial charge in [0, 0.05) is 24.9 Å². The highest BCUT2D eigenvalue weighted by atomic mass is 19.4. The number of hydrogen-bond donors (Lipinski definition) is 2. The molecule has 3 aromatic rings. The molecule has 0 radical (unpaired) electrons. The summed E-state index contributed by atoms with van der Waals surface area (Å²) in [7, 11) is 0. The van der Waals surface area contributed by atoms with Crippen molar-refractivity contribution in [1.29, 1.82) is 0 Å². The number of aromatic amines is 1. The third-order valence-electron chi connectivity index (χ3n) is 5.58. The first kappa shape index (κ1) is 26.2. The number of aromatic nitrogens is 4. The fraction of sp³-hybridized carbons (Fsp3) is 0.154. The highest BCUT2D eigenvalue weighted by Gasteiger charge is 2.31. The van der Waals surface area contributed by atoms with Gasteiger partial charge in [-0.1, -0.05) is 24.8 Å². The maximum atomic E-state index is 13.5. The van der Waals surface area contributed by atoms with Crippen molar-refractivity contribution in [3.05, 3.63) is 104 Å². The molecule has 0 spiro atoms. The number of carbonyl (C=O) groups is 1. The van der Waals surface area contributed by atoms with Crippen molar-refractivity contribution < 1.29 is 18.0 Å². The van der Waals surface area contributed by atoms with Crippen molar-refractivity contribution in [1.82, 2.24) is 19.5 Å². The van der Waals surface area contributed by atoms with Gasteiger partial charge in [0.15, 0.2) is 0 Å². The van der Waals surface area contributed by atoms with Crippen molar-refractivity contribution in [2.75, 3.05) is 5.32 Å². The van der Waals surface area contributed by atoms with Crippen LogP contribution in [0.4, 0.5) is 19.1 Å². The van der Waals surface area contributed by atoms with Crippen LogP contribution in [-0.4, -0.2) is 31.1 Å². The molecule has 0 saturated heterocycles. The summed E-state index contributed by atoms with van der Waals surface area (Å²) in [4.78, 5) is 52.1. The zero-order valence-corrected chi connectivity index (χ0v) is 20.3. The van der Waals surface area contributed by atoms with Gasteiger partial charge >= 0.3 is 11.9 Å². The summed E-state index contributed by atoms with van der Waals surface area (Å²) in [5, 5.41) is 2.45. The molecule has 1 amide bonds. The number of nitrogens with zero attached hydrogens (tertiary/aromatic N) is 4. The number of alkyl halides is 3. The van der Waals surface area contributed by atoms with E-state index < -0.39 is 23.0 Å². The number of anilines is 1. The van der Waals surface area contributed by atoms with Crippen LogP contribution in [0.5, 0.6) is 0 Å². The first-order valence-corrected chi connectivity index (χ1v) is 11.2. The van der Waals surface area contributed by atoms with Gasteiger partial charge in [0.2, 0.25) is 11.9 Å². The number of halogens is 3. The molecular formula is C26H21F3N6O3. The minimum Gasteiger partial charge on any atom is -0.295 e. The molecule has 2 N–H and O–H groups in total. The average Bonchev–Trinajstić information content (AvgIpc) is 3.01. The Labute approximate surface area is 213 Å². The Kier molecular flexibility index (Phi) is 7.06. The van der Waals surface area contributed by atoms with Gasteiger partial charge < -0.3 is 0 Å². The Bertz CT molecular complexity index is 1640. The lowest BCUT2D eigenvalue weighted by Crippen LogP contribution is -2.33.